The SMILES string of the molecule is CCOC(=O)N1CC(NC(=O)OC(C)(C)C)CC(C(=O)O)C1. The van der Waals surface area contributed by atoms with E-state index in [-0.39, 0.29) is 26.1 Å². The topological polar surface area (TPSA) is 105 Å². The molecule has 0 aromatic carbocycles. The van der Waals surface area contributed by atoms with Crippen molar-refractivity contribution < 1.29 is 29.0 Å². The zero-order valence-corrected chi connectivity index (χ0v) is 13.4. The number of nitrogens with zero attached hydrogens (tertiary/aromatic N) is 1. The van der Waals surface area contributed by atoms with E-state index in [1.165, 1.54) is 4.90 Å². The molecule has 1 aliphatic heterocycles. The minimum atomic E-state index is -1.01. The number of piperidine rings is 1. The zero-order valence-electron chi connectivity index (χ0n) is 13.4. The number of nitrogens with one attached hydrogen (secondary N) is 1. The summed E-state index contributed by atoms with van der Waals surface area (Å²) in [5.41, 5.74) is -0.647. The van der Waals surface area contributed by atoms with Crippen LogP contribution < -0.4 is 5.32 Å². The smallest absolute Gasteiger partial charge is 0.409 e. The summed E-state index contributed by atoms with van der Waals surface area (Å²) in [5.74, 6) is -1.76. The van der Waals surface area contributed by atoms with Gasteiger partial charge in [-0.05, 0) is 34.1 Å². The Labute approximate surface area is 129 Å². The molecule has 0 radical (unpaired) electrons. The number of carbonyl (C=O) groups is 3. The fourth-order valence-corrected chi connectivity index (χ4v) is 2.22. The minimum absolute atomic E-state index is 0.0701. The largest absolute Gasteiger partial charge is 0.481 e. The summed E-state index contributed by atoms with van der Waals surface area (Å²) in [7, 11) is 0. The average Bonchev–Trinajstić information content (AvgIpc) is 2.36. The van der Waals surface area contributed by atoms with Gasteiger partial charge < -0.3 is 24.8 Å². The summed E-state index contributed by atoms with van der Waals surface area (Å²) >= 11 is 0. The summed E-state index contributed by atoms with van der Waals surface area (Å²) < 4.78 is 10.0. The van der Waals surface area contributed by atoms with E-state index in [9.17, 15) is 19.5 Å². The van der Waals surface area contributed by atoms with Gasteiger partial charge in [0.25, 0.3) is 0 Å². The highest BCUT2D eigenvalue weighted by atomic mass is 16.6. The molecule has 2 unspecified atom stereocenters. The maximum Gasteiger partial charge on any atom is 0.409 e. The molecule has 2 N–H and O–H groups in total. The fourth-order valence-electron chi connectivity index (χ4n) is 2.22. The Hall–Kier alpha value is -1.99. The molecule has 0 bridgehead atoms. The van der Waals surface area contributed by atoms with Crippen LogP contribution in [0.2, 0.25) is 0 Å². The number of carboxylic acids is 1. The quantitative estimate of drug-likeness (QED) is 0.816. The Morgan fingerprint density at radius 1 is 1.27 bits per heavy atom. The first kappa shape index (κ1) is 18.1. The number of alkyl carbamates (subject to hydrolysis) is 1. The van der Waals surface area contributed by atoms with Crippen molar-refractivity contribution in [1.29, 1.82) is 0 Å². The summed E-state index contributed by atoms with van der Waals surface area (Å²) in [4.78, 5) is 36.1. The first-order valence-electron chi connectivity index (χ1n) is 7.26. The van der Waals surface area contributed by atoms with Crippen LogP contribution in [0, 0.1) is 5.92 Å². The van der Waals surface area contributed by atoms with E-state index in [1.807, 2.05) is 0 Å². The van der Waals surface area contributed by atoms with E-state index in [2.05, 4.69) is 5.32 Å². The molecule has 2 amide bonds. The van der Waals surface area contributed by atoms with Crippen LogP contribution in [0.3, 0.4) is 0 Å². The predicted molar refractivity (Wildman–Crippen MR) is 77.5 cm³/mol. The highest BCUT2D eigenvalue weighted by Crippen LogP contribution is 2.19. The molecule has 1 heterocycles. The predicted octanol–water partition coefficient (Wildman–Crippen LogP) is 1.44. The van der Waals surface area contributed by atoms with Crippen molar-refractivity contribution in [2.75, 3.05) is 19.7 Å². The van der Waals surface area contributed by atoms with Gasteiger partial charge in [0.2, 0.25) is 0 Å². The standard InChI is InChI=1S/C14H24N2O6/c1-5-21-13(20)16-7-9(11(17)18)6-10(8-16)15-12(19)22-14(2,3)4/h9-10H,5-8H2,1-4H3,(H,15,19)(H,17,18). The highest BCUT2D eigenvalue weighted by molar-refractivity contribution is 5.74. The second-order valence-electron chi connectivity index (χ2n) is 6.22. The summed E-state index contributed by atoms with van der Waals surface area (Å²) in [5, 5.41) is 11.8. The average molecular weight is 316 g/mol. The molecule has 0 spiro atoms. The van der Waals surface area contributed by atoms with Crippen molar-refractivity contribution in [3.63, 3.8) is 0 Å². The Morgan fingerprint density at radius 3 is 2.41 bits per heavy atom. The molecule has 0 aliphatic carbocycles. The summed E-state index contributed by atoms with van der Waals surface area (Å²) in [6, 6.07) is -0.492. The first-order chi connectivity index (χ1) is 10.1. The van der Waals surface area contributed by atoms with Crippen LogP contribution >= 0.6 is 0 Å². The van der Waals surface area contributed by atoms with Gasteiger partial charge in [0.1, 0.15) is 5.60 Å². The number of hydrogen-bond acceptors (Lipinski definition) is 5. The van der Waals surface area contributed by atoms with Crippen LogP contribution in [-0.2, 0) is 14.3 Å². The maximum absolute atomic E-state index is 11.8. The van der Waals surface area contributed by atoms with Crippen LogP contribution in [0.15, 0.2) is 0 Å². The lowest BCUT2D eigenvalue weighted by atomic mass is 9.94. The number of ether oxygens (including phenoxy) is 2. The van der Waals surface area contributed by atoms with Crippen molar-refractivity contribution >= 4 is 18.2 Å². The van der Waals surface area contributed by atoms with Gasteiger partial charge in [0.05, 0.1) is 18.6 Å². The molecule has 0 aromatic rings. The van der Waals surface area contributed by atoms with Gasteiger partial charge in [-0.15, -0.1) is 0 Å². The molecule has 0 aromatic heterocycles. The molecule has 0 saturated carbocycles. The molecule has 1 fully saturated rings. The molecule has 2 atom stereocenters. The zero-order chi connectivity index (χ0) is 16.9. The van der Waals surface area contributed by atoms with E-state index in [4.69, 9.17) is 9.47 Å². The lowest BCUT2D eigenvalue weighted by molar-refractivity contribution is -0.143. The Balaban J connectivity index is 2.70. The van der Waals surface area contributed by atoms with Gasteiger partial charge in [0, 0.05) is 13.1 Å². The molecule has 1 aliphatic rings. The third-order valence-electron chi connectivity index (χ3n) is 3.05. The molecule has 8 nitrogen and oxygen atoms in total. The van der Waals surface area contributed by atoms with Crippen molar-refractivity contribution in [1.82, 2.24) is 10.2 Å². The van der Waals surface area contributed by atoms with E-state index in [0.717, 1.165) is 0 Å². The molecule has 126 valence electrons. The van der Waals surface area contributed by atoms with Crippen molar-refractivity contribution in [2.24, 2.45) is 5.92 Å². The van der Waals surface area contributed by atoms with Crippen molar-refractivity contribution in [3.05, 3.63) is 0 Å². The fraction of sp³-hybridized carbons (Fsp3) is 0.786. The van der Waals surface area contributed by atoms with Crippen molar-refractivity contribution in [2.45, 2.75) is 45.8 Å². The van der Waals surface area contributed by atoms with Gasteiger partial charge in [-0.2, -0.15) is 0 Å². The van der Waals surface area contributed by atoms with Gasteiger partial charge in [-0.1, -0.05) is 0 Å². The highest BCUT2D eigenvalue weighted by Gasteiger charge is 2.35. The number of aliphatic carboxylic acids is 1. The van der Waals surface area contributed by atoms with E-state index in [1.54, 1.807) is 27.7 Å². The Morgan fingerprint density at radius 2 is 1.91 bits per heavy atom. The lowest BCUT2D eigenvalue weighted by Crippen LogP contribution is -2.54. The third-order valence-corrected chi connectivity index (χ3v) is 3.05. The van der Waals surface area contributed by atoms with Gasteiger partial charge >= 0.3 is 18.2 Å². The van der Waals surface area contributed by atoms with E-state index in [0.29, 0.717) is 0 Å². The molecular weight excluding hydrogens is 292 g/mol. The maximum atomic E-state index is 11.8. The first-order valence-corrected chi connectivity index (χ1v) is 7.26. The number of rotatable bonds is 3. The molecule has 22 heavy (non-hydrogen) atoms. The number of hydrogen-bond donors (Lipinski definition) is 2. The van der Waals surface area contributed by atoms with E-state index >= 15 is 0 Å². The van der Waals surface area contributed by atoms with Crippen LogP contribution in [-0.4, -0.2) is 59.5 Å². The minimum Gasteiger partial charge on any atom is -0.481 e. The monoisotopic (exact) mass is 316 g/mol. The molecule has 8 heteroatoms. The third kappa shape index (κ3) is 5.79. The summed E-state index contributed by atoms with van der Waals surface area (Å²) in [6.07, 6.45) is -0.971. The van der Waals surface area contributed by atoms with Crippen LogP contribution in [0.5, 0.6) is 0 Å². The number of amides is 2. The van der Waals surface area contributed by atoms with Gasteiger partial charge in [-0.25, -0.2) is 9.59 Å². The molecule has 1 rings (SSSR count). The normalized spacial score (nSPS) is 21.9. The lowest BCUT2D eigenvalue weighted by Gasteiger charge is -2.35. The second kappa shape index (κ2) is 7.33. The van der Waals surface area contributed by atoms with Crippen LogP contribution in [0.25, 0.3) is 0 Å². The van der Waals surface area contributed by atoms with E-state index < -0.39 is 35.7 Å². The second-order valence-corrected chi connectivity index (χ2v) is 6.22. The number of carboxylic acid groups (broad SMARTS) is 1. The molecular formula is C14H24N2O6. The molecule has 1 saturated heterocycles. The Kier molecular flexibility index (Phi) is 6.01. The Bertz CT molecular complexity index is 432. The van der Waals surface area contributed by atoms with Crippen molar-refractivity contribution in [3.8, 4) is 0 Å². The van der Waals surface area contributed by atoms with Gasteiger partial charge in [0.15, 0.2) is 0 Å². The number of carbonyl (C=O) groups excluding carboxylic acids is 2. The van der Waals surface area contributed by atoms with Crippen LogP contribution in [0.1, 0.15) is 34.1 Å². The van der Waals surface area contributed by atoms with Gasteiger partial charge in [-0.3, -0.25) is 4.79 Å². The summed E-state index contributed by atoms with van der Waals surface area (Å²) in [6.45, 7) is 7.35. The van der Waals surface area contributed by atoms with Crippen LogP contribution in [0.4, 0.5) is 9.59 Å². The number of likely N-dealkylation sites (tertiary alicyclic amines) is 1.